The highest BCUT2D eigenvalue weighted by Crippen LogP contribution is 2.28. The van der Waals surface area contributed by atoms with Gasteiger partial charge in [-0.05, 0) is 86.5 Å². The van der Waals surface area contributed by atoms with Crippen LogP contribution in [-0.2, 0) is 6.42 Å². The van der Waals surface area contributed by atoms with Crippen LogP contribution in [0.5, 0.6) is 0 Å². The molecule has 2 aromatic carbocycles. The molecule has 0 aliphatic carbocycles. The molecule has 0 radical (unpaired) electrons. The first-order valence-electron chi connectivity index (χ1n) is 13.0. The van der Waals surface area contributed by atoms with E-state index in [4.69, 9.17) is 11.6 Å². The van der Waals surface area contributed by atoms with Crippen molar-refractivity contribution >= 4 is 23.2 Å². The first kappa shape index (κ1) is 28.4. The van der Waals surface area contributed by atoms with Crippen molar-refractivity contribution in [1.82, 2.24) is 9.80 Å². The van der Waals surface area contributed by atoms with Crippen molar-refractivity contribution in [1.29, 1.82) is 0 Å². The lowest BCUT2D eigenvalue weighted by molar-refractivity contribution is 0.0746. The third-order valence-corrected chi connectivity index (χ3v) is 7.51. The number of rotatable bonds is 7. The van der Waals surface area contributed by atoms with Crippen LogP contribution in [0, 0.1) is 11.2 Å². The number of unbranched alkanes of at least 4 members (excludes halogenated alkanes) is 1. The van der Waals surface area contributed by atoms with E-state index in [0.717, 1.165) is 19.5 Å². The maximum Gasteiger partial charge on any atom is 0.254 e. The molecule has 4 rings (SSSR count). The number of carbonyl (C=O) groups is 1. The highest BCUT2D eigenvalue weighted by atomic mass is 35.5. The molecular formula is C29H40ClF2N3O. The Kier molecular flexibility index (Phi) is 10.6. The normalized spacial score (nSPS) is 17.9. The van der Waals surface area contributed by atoms with E-state index < -0.39 is 5.82 Å². The van der Waals surface area contributed by atoms with Crippen LogP contribution in [0.2, 0.25) is 5.02 Å². The summed E-state index contributed by atoms with van der Waals surface area (Å²) in [7, 11) is 0.500. The molecule has 7 heteroatoms. The molecule has 1 amide bonds. The highest BCUT2D eigenvalue weighted by Gasteiger charge is 2.26. The second-order valence-electron chi connectivity index (χ2n) is 10.6. The average molecular weight is 520 g/mol. The summed E-state index contributed by atoms with van der Waals surface area (Å²) in [5, 5.41) is 0.0378. The Labute approximate surface area is 220 Å². The SMILES string of the molecule is CC1(C)CCCN(CCCCc2ccc(N3CCN(C(=O)c4ccc(Cl)c(F)c4)CC3)cc2)C1.CF. The number of aryl methyl sites for hydroxylation is 1. The van der Waals surface area contributed by atoms with Gasteiger partial charge in [0.05, 0.1) is 12.2 Å². The van der Waals surface area contributed by atoms with Crippen molar-refractivity contribution in [3.63, 3.8) is 0 Å². The van der Waals surface area contributed by atoms with E-state index in [0.29, 0.717) is 31.2 Å². The predicted molar refractivity (Wildman–Crippen MR) is 145 cm³/mol. The van der Waals surface area contributed by atoms with Crippen LogP contribution in [0.25, 0.3) is 0 Å². The largest absolute Gasteiger partial charge is 0.368 e. The first-order valence-corrected chi connectivity index (χ1v) is 13.4. The summed E-state index contributed by atoms with van der Waals surface area (Å²) < 4.78 is 23.2. The van der Waals surface area contributed by atoms with Crippen molar-refractivity contribution in [3.05, 3.63) is 64.4 Å². The van der Waals surface area contributed by atoms with Gasteiger partial charge in [-0.3, -0.25) is 9.18 Å². The summed E-state index contributed by atoms with van der Waals surface area (Å²) in [4.78, 5) is 19.4. The second-order valence-corrected chi connectivity index (χ2v) is 11.0. The summed E-state index contributed by atoms with van der Waals surface area (Å²) in [6.45, 7) is 11.3. The fraction of sp³-hybridized carbons (Fsp3) is 0.552. The standard InChI is InChI=1S/C28H37ClFN3O.CH3F/c1-28(2)13-5-15-31(21-28)14-4-3-6-22-7-10-24(11-8-22)32-16-18-33(19-17-32)27(34)23-9-12-25(29)26(30)20-23;1-2/h7-12,20H,3-6,13-19,21H2,1-2H3;1H3. The number of hydrogen-bond acceptors (Lipinski definition) is 3. The van der Waals surface area contributed by atoms with Gasteiger partial charge >= 0.3 is 0 Å². The number of piperidine rings is 1. The number of piperazine rings is 1. The summed E-state index contributed by atoms with van der Waals surface area (Å²) in [5.41, 5.74) is 3.41. The molecule has 0 saturated carbocycles. The van der Waals surface area contributed by atoms with Gasteiger partial charge in [0.2, 0.25) is 0 Å². The molecule has 2 heterocycles. The number of likely N-dealkylation sites (tertiary alicyclic amines) is 1. The molecule has 0 bridgehead atoms. The minimum absolute atomic E-state index is 0.0378. The second kappa shape index (κ2) is 13.4. The zero-order valence-electron chi connectivity index (χ0n) is 21.9. The van der Waals surface area contributed by atoms with Gasteiger partial charge in [-0.15, -0.1) is 0 Å². The van der Waals surface area contributed by atoms with E-state index in [1.807, 2.05) is 0 Å². The lowest BCUT2D eigenvalue weighted by atomic mass is 9.84. The lowest BCUT2D eigenvalue weighted by Crippen LogP contribution is -2.48. The van der Waals surface area contributed by atoms with Crippen molar-refractivity contribution in [2.45, 2.75) is 46.0 Å². The van der Waals surface area contributed by atoms with E-state index in [-0.39, 0.29) is 10.9 Å². The Bertz CT molecular complexity index is 975. The van der Waals surface area contributed by atoms with Crippen LogP contribution in [0.3, 0.4) is 0 Å². The van der Waals surface area contributed by atoms with Crippen LogP contribution in [0.4, 0.5) is 14.5 Å². The number of benzene rings is 2. The number of hydrogen-bond donors (Lipinski definition) is 0. The van der Waals surface area contributed by atoms with E-state index in [1.54, 1.807) is 11.0 Å². The minimum Gasteiger partial charge on any atom is -0.368 e. The monoisotopic (exact) mass is 519 g/mol. The van der Waals surface area contributed by atoms with E-state index >= 15 is 0 Å². The summed E-state index contributed by atoms with van der Waals surface area (Å²) >= 11 is 5.74. The molecule has 0 N–H and O–H groups in total. The molecule has 0 aromatic heterocycles. The molecule has 0 unspecified atom stereocenters. The Morgan fingerprint density at radius 3 is 2.31 bits per heavy atom. The maximum absolute atomic E-state index is 13.7. The van der Waals surface area contributed by atoms with Crippen LogP contribution in [0.15, 0.2) is 42.5 Å². The molecular weight excluding hydrogens is 480 g/mol. The Balaban J connectivity index is 0.00000176. The highest BCUT2D eigenvalue weighted by molar-refractivity contribution is 6.30. The third-order valence-electron chi connectivity index (χ3n) is 7.20. The van der Waals surface area contributed by atoms with Crippen molar-refractivity contribution in [2.75, 3.05) is 57.9 Å². The number of carbonyl (C=O) groups excluding carboxylic acids is 1. The van der Waals surface area contributed by atoms with Gasteiger partial charge in [-0.2, -0.15) is 0 Å². The molecule has 4 nitrogen and oxygen atoms in total. The average Bonchev–Trinajstić information content (AvgIpc) is 2.89. The van der Waals surface area contributed by atoms with Gasteiger partial charge in [0.15, 0.2) is 0 Å². The zero-order valence-corrected chi connectivity index (χ0v) is 22.7. The van der Waals surface area contributed by atoms with Gasteiger partial charge in [0.25, 0.3) is 5.91 Å². The molecule has 2 aromatic rings. The minimum atomic E-state index is -0.554. The Morgan fingerprint density at radius 2 is 1.67 bits per heavy atom. The first-order chi connectivity index (χ1) is 17.3. The number of alkyl halides is 1. The van der Waals surface area contributed by atoms with E-state index in [1.165, 1.54) is 68.7 Å². The van der Waals surface area contributed by atoms with Crippen molar-refractivity contribution in [3.8, 4) is 0 Å². The molecule has 0 spiro atoms. The van der Waals surface area contributed by atoms with Gasteiger partial charge in [-0.25, -0.2) is 4.39 Å². The predicted octanol–water partition coefficient (Wildman–Crippen LogP) is 6.47. The molecule has 2 saturated heterocycles. The fourth-order valence-electron chi connectivity index (χ4n) is 5.25. The molecule has 2 aliphatic heterocycles. The van der Waals surface area contributed by atoms with Crippen LogP contribution < -0.4 is 4.90 Å². The molecule has 2 aliphatic rings. The zero-order chi connectivity index (χ0) is 26.1. The number of halogens is 3. The van der Waals surface area contributed by atoms with Crippen molar-refractivity contribution < 1.29 is 13.6 Å². The quantitative estimate of drug-likeness (QED) is 0.392. The fourth-order valence-corrected chi connectivity index (χ4v) is 5.37. The molecule has 0 atom stereocenters. The van der Waals surface area contributed by atoms with Gasteiger partial charge in [0, 0.05) is 44.0 Å². The topological polar surface area (TPSA) is 26.8 Å². The van der Waals surface area contributed by atoms with Crippen LogP contribution >= 0.6 is 11.6 Å². The summed E-state index contributed by atoms with van der Waals surface area (Å²) in [6.07, 6.45) is 6.28. The van der Waals surface area contributed by atoms with Crippen molar-refractivity contribution in [2.24, 2.45) is 5.41 Å². The van der Waals surface area contributed by atoms with Gasteiger partial charge in [0.1, 0.15) is 5.82 Å². The number of amides is 1. The van der Waals surface area contributed by atoms with E-state index in [9.17, 15) is 13.6 Å². The Hall–Kier alpha value is -2.18. The number of nitrogens with zero attached hydrogens (tertiary/aromatic N) is 3. The smallest absolute Gasteiger partial charge is 0.254 e. The van der Waals surface area contributed by atoms with Gasteiger partial charge in [-0.1, -0.05) is 37.6 Å². The lowest BCUT2D eigenvalue weighted by Gasteiger charge is -2.38. The molecule has 36 heavy (non-hydrogen) atoms. The Morgan fingerprint density at radius 1 is 0.972 bits per heavy atom. The van der Waals surface area contributed by atoms with Crippen LogP contribution in [0.1, 0.15) is 55.5 Å². The van der Waals surface area contributed by atoms with E-state index in [2.05, 4.69) is 47.9 Å². The summed E-state index contributed by atoms with van der Waals surface area (Å²) in [5.74, 6) is -0.694. The number of anilines is 1. The molecule has 2 fully saturated rings. The maximum atomic E-state index is 13.7. The molecule has 198 valence electrons. The van der Waals surface area contributed by atoms with Crippen LogP contribution in [-0.4, -0.2) is 68.7 Å². The van der Waals surface area contributed by atoms with Gasteiger partial charge < -0.3 is 14.7 Å². The summed E-state index contributed by atoms with van der Waals surface area (Å²) in [6, 6.07) is 13.1. The third kappa shape index (κ3) is 7.91.